The molecule has 0 spiro atoms. The molecule has 104 valence electrons. The fourth-order valence-electron chi connectivity index (χ4n) is 2.72. The molecule has 1 aromatic carbocycles. The maximum atomic E-state index is 11.7. The number of methoxy groups -OCH3 is 1. The molecule has 2 atom stereocenters. The molecular formula is C14H14N2O4. The third-order valence-corrected chi connectivity index (χ3v) is 3.64. The number of para-hydroxylation sites is 1. The summed E-state index contributed by atoms with van der Waals surface area (Å²) in [4.78, 5) is 26.3. The summed E-state index contributed by atoms with van der Waals surface area (Å²) in [5.74, 6) is -1.47. The second-order valence-electron chi connectivity index (χ2n) is 4.78. The number of rotatable bonds is 2. The Balaban J connectivity index is 2.14. The van der Waals surface area contributed by atoms with Gasteiger partial charge in [0.1, 0.15) is 12.1 Å². The van der Waals surface area contributed by atoms with E-state index in [-0.39, 0.29) is 0 Å². The van der Waals surface area contributed by atoms with Crippen LogP contribution in [0.2, 0.25) is 0 Å². The van der Waals surface area contributed by atoms with Crippen molar-refractivity contribution in [2.75, 3.05) is 7.11 Å². The fraction of sp³-hybridized carbons (Fsp3) is 0.286. The molecule has 0 saturated carbocycles. The first kappa shape index (κ1) is 12.7. The number of esters is 1. The van der Waals surface area contributed by atoms with Gasteiger partial charge in [-0.05, 0) is 11.6 Å². The molecule has 3 rings (SSSR count). The van der Waals surface area contributed by atoms with Crippen molar-refractivity contribution < 1.29 is 19.4 Å². The van der Waals surface area contributed by atoms with Gasteiger partial charge in [-0.25, -0.2) is 0 Å². The summed E-state index contributed by atoms with van der Waals surface area (Å²) >= 11 is 0. The molecule has 6 heteroatoms. The molecule has 2 aromatic rings. The summed E-state index contributed by atoms with van der Waals surface area (Å²) in [6.45, 7) is 0. The van der Waals surface area contributed by atoms with E-state index in [4.69, 9.17) is 4.74 Å². The second kappa shape index (κ2) is 4.64. The molecule has 1 aliphatic rings. The Kier molecular flexibility index (Phi) is 2.94. The van der Waals surface area contributed by atoms with Gasteiger partial charge >= 0.3 is 11.9 Å². The normalized spacial score (nSPS) is 21.4. The highest BCUT2D eigenvalue weighted by Crippen LogP contribution is 2.32. The SMILES string of the molecule is COC(=O)[C@@H]1Cc2c([nH]c3ccccc23)[C@H](C(=O)O)N1. The number of carboxylic acid groups (broad SMARTS) is 1. The fourth-order valence-corrected chi connectivity index (χ4v) is 2.72. The molecule has 0 saturated heterocycles. The number of benzene rings is 1. The Bertz CT molecular complexity index is 692. The Hall–Kier alpha value is -2.34. The Morgan fingerprint density at radius 1 is 1.35 bits per heavy atom. The third-order valence-electron chi connectivity index (χ3n) is 3.64. The number of fused-ring (bicyclic) bond motifs is 3. The Labute approximate surface area is 114 Å². The van der Waals surface area contributed by atoms with Crippen LogP contribution in [0, 0.1) is 0 Å². The van der Waals surface area contributed by atoms with Crippen LogP contribution in [0.25, 0.3) is 10.9 Å². The lowest BCUT2D eigenvalue weighted by Gasteiger charge is -2.27. The van der Waals surface area contributed by atoms with Crippen LogP contribution in [0.15, 0.2) is 24.3 Å². The standard InChI is InChI=1S/C14H14N2O4/c1-20-14(19)10-6-8-7-4-2-3-5-9(7)15-11(8)12(16-10)13(17)18/h2-5,10,12,15-16H,6H2,1H3,(H,17,18)/t10-,12+/m0/s1. The lowest BCUT2D eigenvalue weighted by Crippen LogP contribution is -2.47. The molecule has 0 unspecified atom stereocenters. The largest absolute Gasteiger partial charge is 0.480 e. The Morgan fingerprint density at radius 3 is 2.80 bits per heavy atom. The second-order valence-corrected chi connectivity index (χ2v) is 4.78. The highest BCUT2D eigenvalue weighted by atomic mass is 16.5. The van der Waals surface area contributed by atoms with Crippen LogP contribution in [-0.4, -0.2) is 35.2 Å². The minimum atomic E-state index is -1.02. The van der Waals surface area contributed by atoms with E-state index < -0.39 is 24.0 Å². The number of hydrogen-bond donors (Lipinski definition) is 3. The van der Waals surface area contributed by atoms with E-state index in [1.165, 1.54) is 7.11 Å². The van der Waals surface area contributed by atoms with Gasteiger partial charge in [0, 0.05) is 23.0 Å². The number of aromatic amines is 1. The molecular weight excluding hydrogens is 260 g/mol. The quantitative estimate of drug-likeness (QED) is 0.710. The maximum Gasteiger partial charge on any atom is 0.326 e. The van der Waals surface area contributed by atoms with Crippen molar-refractivity contribution >= 4 is 22.8 Å². The minimum absolute atomic E-state index is 0.413. The molecule has 0 aliphatic carbocycles. The van der Waals surface area contributed by atoms with E-state index in [9.17, 15) is 14.7 Å². The number of aliphatic carboxylic acids is 1. The summed E-state index contributed by atoms with van der Waals surface area (Å²) in [5.41, 5.74) is 2.34. The highest BCUT2D eigenvalue weighted by Gasteiger charge is 2.37. The molecule has 0 radical (unpaired) electrons. The number of H-pyrrole nitrogens is 1. The molecule has 1 aromatic heterocycles. The van der Waals surface area contributed by atoms with Crippen LogP contribution in [-0.2, 0) is 20.7 Å². The zero-order valence-electron chi connectivity index (χ0n) is 10.8. The molecule has 2 heterocycles. The summed E-state index contributed by atoms with van der Waals surface area (Å²) in [6, 6.07) is 6.00. The first-order valence-electron chi connectivity index (χ1n) is 6.28. The van der Waals surface area contributed by atoms with E-state index in [1.54, 1.807) is 0 Å². The van der Waals surface area contributed by atoms with Gasteiger partial charge in [0.15, 0.2) is 0 Å². The van der Waals surface area contributed by atoms with Crippen LogP contribution in [0.5, 0.6) is 0 Å². The molecule has 1 aliphatic heterocycles. The van der Waals surface area contributed by atoms with Crippen molar-refractivity contribution in [3.05, 3.63) is 35.5 Å². The van der Waals surface area contributed by atoms with E-state index in [0.29, 0.717) is 12.1 Å². The van der Waals surface area contributed by atoms with Crippen molar-refractivity contribution in [3.63, 3.8) is 0 Å². The van der Waals surface area contributed by atoms with E-state index in [1.807, 2.05) is 24.3 Å². The van der Waals surface area contributed by atoms with Gasteiger partial charge in [-0.3, -0.25) is 14.9 Å². The predicted molar refractivity (Wildman–Crippen MR) is 71.3 cm³/mol. The number of carboxylic acids is 1. The van der Waals surface area contributed by atoms with Gasteiger partial charge < -0.3 is 14.8 Å². The number of aromatic nitrogens is 1. The average Bonchev–Trinajstić information content (AvgIpc) is 2.83. The lowest BCUT2D eigenvalue weighted by atomic mass is 9.94. The first-order chi connectivity index (χ1) is 9.61. The maximum absolute atomic E-state index is 11.7. The van der Waals surface area contributed by atoms with Gasteiger partial charge in [0.2, 0.25) is 0 Å². The van der Waals surface area contributed by atoms with Crippen molar-refractivity contribution in [3.8, 4) is 0 Å². The zero-order valence-corrected chi connectivity index (χ0v) is 10.8. The molecule has 0 bridgehead atoms. The van der Waals surface area contributed by atoms with Crippen LogP contribution in [0.1, 0.15) is 17.3 Å². The minimum Gasteiger partial charge on any atom is -0.480 e. The van der Waals surface area contributed by atoms with Gasteiger partial charge in [-0.15, -0.1) is 0 Å². The zero-order chi connectivity index (χ0) is 14.3. The predicted octanol–water partition coefficient (Wildman–Crippen LogP) is 0.981. The van der Waals surface area contributed by atoms with Crippen molar-refractivity contribution in [1.82, 2.24) is 10.3 Å². The summed E-state index contributed by atoms with van der Waals surface area (Å²) < 4.78 is 4.72. The smallest absolute Gasteiger partial charge is 0.326 e. The molecule has 0 fully saturated rings. The van der Waals surface area contributed by atoms with Gasteiger partial charge in [-0.1, -0.05) is 18.2 Å². The van der Waals surface area contributed by atoms with E-state index >= 15 is 0 Å². The van der Waals surface area contributed by atoms with E-state index in [0.717, 1.165) is 16.5 Å². The number of ether oxygens (including phenoxy) is 1. The lowest BCUT2D eigenvalue weighted by molar-refractivity contribution is -0.145. The number of carbonyl (C=O) groups is 2. The summed E-state index contributed by atoms with van der Waals surface area (Å²) in [7, 11) is 1.30. The highest BCUT2D eigenvalue weighted by molar-refractivity contribution is 5.90. The van der Waals surface area contributed by atoms with Crippen LogP contribution >= 0.6 is 0 Å². The third kappa shape index (κ3) is 1.85. The van der Waals surface area contributed by atoms with Gasteiger partial charge in [0.05, 0.1) is 7.11 Å². The Morgan fingerprint density at radius 2 is 2.10 bits per heavy atom. The van der Waals surface area contributed by atoms with Gasteiger partial charge in [-0.2, -0.15) is 0 Å². The molecule has 3 N–H and O–H groups in total. The first-order valence-corrected chi connectivity index (χ1v) is 6.28. The van der Waals surface area contributed by atoms with E-state index in [2.05, 4.69) is 10.3 Å². The topological polar surface area (TPSA) is 91.4 Å². The average molecular weight is 274 g/mol. The van der Waals surface area contributed by atoms with Crippen LogP contribution in [0.4, 0.5) is 0 Å². The van der Waals surface area contributed by atoms with Crippen molar-refractivity contribution in [1.29, 1.82) is 0 Å². The number of carbonyl (C=O) groups excluding carboxylic acids is 1. The van der Waals surface area contributed by atoms with Crippen LogP contribution in [0.3, 0.4) is 0 Å². The number of nitrogens with one attached hydrogen (secondary N) is 2. The number of hydrogen-bond acceptors (Lipinski definition) is 4. The van der Waals surface area contributed by atoms with Crippen LogP contribution < -0.4 is 5.32 Å². The van der Waals surface area contributed by atoms with Gasteiger partial charge in [0.25, 0.3) is 0 Å². The summed E-state index contributed by atoms with van der Waals surface area (Å²) in [6.07, 6.45) is 0.413. The van der Waals surface area contributed by atoms with Crippen molar-refractivity contribution in [2.45, 2.75) is 18.5 Å². The molecule has 0 amide bonds. The monoisotopic (exact) mass is 274 g/mol. The summed E-state index contributed by atoms with van der Waals surface area (Å²) in [5, 5.41) is 13.1. The van der Waals surface area contributed by atoms with Crippen molar-refractivity contribution in [2.24, 2.45) is 0 Å². The molecule has 6 nitrogen and oxygen atoms in total. The molecule has 20 heavy (non-hydrogen) atoms.